The molecular formula is C17H21N3O. The molecule has 2 N–H and O–H groups in total. The average molecular weight is 283 g/mol. The molecule has 0 radical (unpaired) electrons. The summed E-state index contributed by atoms with van der Waals surface area (Å²) < 4.78 is 0. The monoisotopic (exact) mass is 283 g/mol. The van der Waals surface area contributed by atoms with E-state index in [-0.39, 0.29) is 5.56 Å². The Morgan fingerprint density at radius 3 is 3.00 bits per heavy atom. The number of rotatable bonds is 2. The Bertz CT molecular complexity index is 708. The van der Waals surface area contributed by atoms with Crippen LogP contribution >= 0.6 is 0 Å². The van der Waals surface area contributed by atoms with Crippen molar-refractivity contribution in [3.63, 3.8) is 0 Å². The highest BCUT2D eigenvalue weighted by atomic mass is 16.1. The normalized spacial score (nSPS) is 25.9. The molecule has 4 nitrogen and oxygen atoms in total. The zero-order chi connectivity index (χ0) is 14.2. The number of fused-ring (bicyclic) bond motifs is 2. The van der Waals surface area contributed by atoms with Crippen LogP contribution in [-0.2, 0) is 0 Å². The summed E-state index contributed by atoms with van der Waals surface area (Å²) in [6, 6.07) is 10.9. The third-order valence-corrected chi connectivity index (χ3v) is 4.95. The van der Waals surface area contributed by atoms with Crippen molar-refractivity contribution >= 4 is 16.6 Å². The number of benzene rings is 1. The molecule has 3 heterocycles. The van der Waals surface area contributed by atoms with Gasteiger partial charge in [0.25, 0.3) is 5.56 Å². The fourth-order valence-corrected chi connectivity index (χ4v) is 3.90. The molecule has 1 aromatic carbocycles. The molecule has 2 atom stereocenters. The Balaban J connectivity index is 1.61. The van der Waals surface area contributed by atoms with E-state index in [0.717, 1.165) is 16.6 Å². The summed E-state index contributed by atoms with van der Waals surface area (Å²) in [5.74, 6) is 0.858. The van der Waals surface area contributed by atoms with E-state index in [1.54, 1.807) is 0 Å². The maximum absolute atomic E-state index is 12.2. The second-order valence-corrected chi connectivity index (χ2v) is 6.24. The van der Waals surface area contributed by atoms with E-state index < -0.39 is 0 Å². The molecule has 2 unspecified atom stereocenters. The third kappa shape index (κ3) is 2.33. The zero-order valence-corrected chi connectivity index (χ0v) is 12.1. The van der Waals surface area contributed by atoms with Crippen molar-refractivity contribution in [2.24, 2.45) is 0 Å². The number of nitrogens with one attached hydrogen (secondary N) is 2. The first-order valence-electron chi connectivity index (χ1n) is 7.94. The molecule has 0 aliphatic carbocycles. The van der Waals surface area contributed by atoms with Gasteiger partial charge in [0.05, 0.1) is 0 Å². The Kier molecular flexibility index (Phi) is 3.19. The number of hydrogen-bond donors (Lipinski definition) is 2. The van der Waals surface area contributed by atoms with Crippen LogP contribution in [0.3, 0.4) is 0 Å². The first-order chi connectivity index (χ1) is 10.3. The van der Waals surface area contributed by atoms with E-state index in [1.807, 2.05) is 24.3 Å². The molecule has 0 bridgehead atoms. The van der Waals surface area contributed by atoms with Crippen LogP contribution in [0, 0.1) is 0 Å². The van der Waals surface area contributed by atoms with Gasteiger partial charge in [-0.25, -0.2) is 0 Å². The maximum atomic E-state index is 12.2. The number of anilines is 1. The quantitative estimate of drug-likeness (QED) is 0.890. The minimum Gasteiger partial charge on any atom is -0.367 e. The summed E-state index contributed by atoms with van der Waals surface area (Å²) in [6.45, 7) is 2.41. The van der Waals surface area contributed by atoms with Crippen LogP contribution in [0.1, 0.15) is 25.7 Å². The van der Waals surface area contributed by atoms with Crippen LogP contribution in [0.15, 0.2) is 35.1 Å². The predicted molar refractivity (Wildman–Crippen MR) is 85.8 cm³/mol. The van der Waals surface area contributed by atoms with Crippen molar-refractivity contribution in [3.8, 4) is 0 Å². The molecule has 2 fully saturated rings. The molecule has 2 aliphatic heterocycles. The summed E-state index contributed by atoms with van der Waals surface area (Å²) in [5.41, 5.74) is -0.00547. The van der Waals surface area contributed by atoms with Gasteiger partial charge in [0, 0.05) is 24.0 Å². The summed E-state index contributed by atoms with van der Waals surface area (Å²) in [4.78, 5) is 17.7. The van der Waals surface area contributed by atoms with E-state index in [2.05, 4.69) is 21.3 Å². The topological polar surface area (TPSA) is 48.1 Å². The number of hydrogen-bond acceptors (Lipinski definition) is 3. The highest BCUT2D eigenvalue weighted by Gasteiger charge is 2.35. The molecule has 110 valence electrons. The van der Waals surface area contributed by atoms with E-state index in [1.165, 1.54) is 38.8 Å². The third-order valence-electron chi connectivity index (χ3n) is 4.95. The second-order valence-electron chi connectivity index (χ2n) is 6.24. The molecule has 0 saturated carbocycles. The van der Waals surface area contributed by atoms with Crippen LogP contribution in [0.2, 0.25) is 0 Å². The number of nitrogens with zero attached hydrogens (tertiary/aromatic N) is 1. The fourth-order valence-electron chi connectivity index (χ4n) is 3.90. The Hall–Kier alpha value is -1.81. The largest absolute Gasteiger partial charge is 0.367 e. The highest BCUT2D eigenvalue weighted by molar-refractivity contribution is 5.83. The van der Waals surface area contributed by atoms with Gasteiger partial charge in [0.2, 0.25) is 0 Å². The zero-order valence-electron chi connectivity index (χ0n) is 12.1. The summed E-state index contributed by atoms with van der Waals surface area (Å²) >= 11 is 0. The van der Waals surface area contributed by atoms with Crippen molar-refractivity contribution in [1.29, 1.82) is 0 Å². The lowest BCUT2D eigenvalue weighted by molar-refractivity contribution is 0.192. The molecule has 21 heavy (non-hydrogen) atoms. The van der Waals surface area contributed by atoms with Crippen LogP contribution in [-0.4, -0.2) is 35.1 Å². The molecule has 2 aliphatic rings. The number of aromatic nitrogens is 1. The van der Waals surface area contributed by atoms with Gasteiger partial charge in [0.1, 0.15) is 5.82 Å². The number of pyridine rings is 1. The number of aromatic amines is 1. The van der Waals surface area contributed by atoms with Gasteiger partial charge < -0.3 is 10.3 Å². The van der Waals surface area contributed by atoms with Gasteiger partial charge in [-0.15, -0.1) is 0 Å². The van der Waals surface area contributed by atoms with Crippen molar-refractivity contribution in [2.75, 3.05) is 18.4 Å². The van der Waals surface area contributed by atoms with Gasteiger partial charge in [-0.2, -0.15) is 0 Å². The van der Waals surface area contributed by atoms with E-state index >= 15 is 0 Å². The average Bonchev–Trinajstić information content (AvgIpc) is 2.91. The van der Waals surface area contributed by atoms with Gasteiger partial charge in [-0.05, 0) is 43.3 Å². The maximum Gasteiger partial charge on any atom is 0.257 e. The smallest absolute Gasteiger partial charge is 0.257 e. The van der Waals surface area contributed by atoms with Gasteiger partial charge in [-0.1, -0.05) is 24.6 Å². The molecule has 4 heteroatoms. The van der Waals surface area contributed by atoms with Crippen molar-refractivity contribution in [1.82, 2.24) is 9.88 Å². The lowest BCUT2D eigenvalue weighted by Crippen LogP contribution is -2.42. The Morgan fingerprint density at radius 1 is 1.14 bits per heavy atom. The first kappa shape index (κ1) is 12.9. The molecule has 2 saturated heterocycles. The SMILES string of the molecule is O=c1[nH]c(NC2CCN3CCCCC23)cc2ccccc12. The Labute approximate surface area is 124 Å². The summed E-state index contributed by atoms with van der Waals surface area (Å²) in [7, 11) is 0. The predicted octanol–water partition coefficient (Wildman–Crippen LogP) is 2.57. The summed E-state index contributed by atoms with van der Waals surface area (Å²) in [5, 5.41) is 5.34. The summed E-state index contributed by atoms with van der Waals surface area (Å²) in [6.07, 6.45) is 5.10. The number of piperidine rings is 1. The van der Waals surface area contributed by atoms with Crippen molar-refractivity contribution in [2.45, 2.75) is 37.8 Å². The fraction of sp³-hybridized carbons (Fsp3) is 0.471. The lowest BCUT2D eigenvalue weighted by Gasteiger charge is -2.32. The first-order valence-corrected chi connectivity index (χ1v) is 7.94. The molecule has 0 amide bonds. The lowest BCUT2D eigenvalue weighted by atomic mass is 9.99. The minimum atomic E-state index is -0.00547. The van der Waals surface area contributed by atoms with Crippen LogP contribution in [0.5, 0.6) is 0 Å². The van der Waals surface area contributed by atoms with Crippen LogP contribution < -0.4 is 10.9 Å². The second kappa shape index (κ2) is 5.19. The van der Waals surface area contributed by atoms with Crippen molar-refractivity contribution in [3.05, 3.63) is 40.7 Å². The number of H-pyrrole nitrogens is 1. The molecule has 1 aromatic heterocycles. The minimum absolute atomic E-state index is 0.00547. The molecule has 4 rings (SSSR count). The van der Waals surface area contributed by atoms with Gasteiger partial charge >= 0.3 is 0 Å². The van der Waals surface area contributed by atoms with Crippen LogP contribution in [0.4, 0.5) is 5.82 Å². The van der Waals surface area contributed by atoms with Gasteiger partial charge in [0.15, 0.2) is 0 Å². The molecule has 2 aromatic rings. The standard InChI is InChI=1S/C17H21N3O/c21-17-13-6-2-1-5-12(13)11-16(19-17)18-14-8-10-20-9-4-3-7-15(14)20/h1-2,5-6,11,14-15H,3-4,7-10H2,(H2,18,19,21). The molecular weight excluding hydrogens is 262 g/mol. The van der Waals surface area contributed by atoms with Crippen LogP contribution in [0.25, 0.3) is 10.8 Å². The van der Waals surface area contributed by atoms with Gasteiger partial charge in [-0.3, -0.25) is 9.69 Å². The van der Waals surface area contributed by atoms with E-state index in [9.17, 15) is 4.79 Å². The molecule has 0 spiro atoms. The highest BCUT2D eigenvalue weighted by Crippen LogP contribution is 2.29. The van der Waals surface area contributed by atoms with E-state index in [0.29, 0.717) is 12.1 Å². The van der Waals surface area contributed by atoms with E-state index in [4.69, 9.17) is 0 Å². The van der Waals surface area contributed by atoms with Crippen molar-refractivity contribution < 1.29 is 0 Å². The Morgan fingerprint density at radius 2 is 2.05 bits per heavy atom.